The zero-order valence-electron chi connectivity index (χ0n) is 13.9. The van der Waals surface area contributed by atoms with Gasteiger partial charge < -0.3 is 16.0 Å². The van der Waals surface area contributed by atoms with E-state index in [4.69, 9.17) is 18.0 Å². The number of likely N-dealkylation sites (N-methyl/N-ethyl adjacent to an activating group) is 1. The molecule has 0 radical (unpaired) electrons. The summed E-state index contributed by atoms with van der Waals surface area (Å²) in [5.41, 5.74) is 5.05. The lowest BCUT2D eigenvalue weighted by atomic mass is 9.77. The molecule has 0 aliphatic heterocycles. The summed E-state index contributed by atoms with van der Waals surface area (Å²) in [6.45, 7) is 7.79. The Labute approximate surface area is 133 Å². The quantitative estimate of drug-likeness (QED) is 0.637. The van der Waals surface area contributed by atoms with Crippen molar-refractivity contribution in [1.82, 2.24) is 10.2 Å². The van der Waals surface area contributed by atoms with Crippen LogP contribution >= 0.6 is 12.2 Å². The third kappa shape index (κ3) is 5.61. The molecular weight excluding hydrogens is 286 g/mol. The summed E-state index contributed by atoms with van der Waals surface area (Å²) < 4.78 is 0. The molecule has 5 nitrogen and oxygen atoms in total. The average Bonchev–Trinajstić information content (AvgIpc) is 2.35. The minimum atomic E-state index is -0.828. The number of carbonyl (C=O) groups is 2. The molecule has 0 atom stereocenters. The number of amides is 2. The number of hydrogen-bond acceptors (Lipinski definition) is 3. The number of hydrogen-bond donors (Lipinski definition) is 2. The van der Waals surface area contributed by atoms with Crippen LogP contribution in [0.2, 0.25) is 0 Å². The Hall–Kier alpha value is -1.17. The number of nitrogens with two attached hydrogens (primary N) is 1. The van der Waals surface area contributed by atoms with Crippen molar-refractivity contribution in [1.29, 1.82) is 0 Å². The second-order valence-corrected chi connectivity index (χ2v) is 6.27. The SMILES string of the molecule is CCCC(CCC)(C(=O)N(C)CC(=O)NC(C)C)C(N)=S. The summed E-state index contributed by atoms with van der Waals surface area (Å²) in [6.07, 6.45) is 2.86. The second kappa shape index (κ2) is 8.97. The molecule has 0 heterocycles. The fourth-order valence-corrected chi connectivity index (χ4v) is 2.86. The molecule has 3 N–H and O–H groups in total. The maximum atomic E-state index is 12.8. The molecule has 0 spiro atoms. The first-order chi connectivity index (χ1) is 9.71. The minimum absolute atomic E-state index is 0.0226. The fourth-order valence-electron chi connectivity index (χ4n) is 2.56. The van der Waals surface area contributed by atoms with Crippen LogP contribution < -0.4 is 11.1 Å². The summed E-state index contributed by atoms with van der Waals surface area (Å²) in [5, 5.41) is 2.78. The summed E-state index contributed by atoms with van der Waals surface area (Å²) >= 11 is 5.17. The van der Waals surface area contributed by atoms with Gasteiger partial charge in [0.25, 0.3) is 0 Å². The Morgan fingerprint density at radius 2 is 1.71 bits per heavy atom. The highest BCUT2D eigenvalue weighted by molar-refractivity contribution is 7.80. The molecule has 0 aromatic carbocycles. The van der Waals surface area contributed by atoms with Crippen molar-refractivity contribution in [3.8, 4) is 0 Å². The third-order valence-electron chi connectivity index (χ3n) is 3.41. The van der Waals surface area contributed by atoms with E-state index in [1.165, 1.54) is 4.90 Å². The van der Waals surface area contributed by atoms with E-state index in [0.717, 1.165) is 12.8 Å². The van der Waals surface area contributed by atoms with Gasteiger partial charge in [-0.05, 0) is 26.7 Å². The van der Waals surface area contributed by atoms with Gasteiger partial charge in [-0.3, -0.25) is 9.59 Å². The molecule has 0 saturated heterocycles. The molecule has 0 aliphatic carbocycles. The van der Waals surface area contributed by atoms with Crippen molar-refractivity contribution in [3.05, 3.63) is 0 Å². The van der Waals surface area contributed by atoms with Gasteiger partial charge in [0.15, 0.2) is 0 Å². The van der Waals surface area contributed by atoms with Gasteiger partial charge in [-0.25, -0.2) is 0 Å². The highest BCUT2D eigenvalue weighted by atomic mass is 32.1. The molecule has 0 aliphatic rings. The molecule has 0 aromatic heterocycles. The third-order valence-corrected chi connectivity index (χ3v) is 3.80. The van der Waals surface area contributed by atoms with Crippen molar-refractivity contribution in [2.75, 3.05) is 13.6 Å². The van der Waals surface area contributed by atoms with Crippen LogP contribution in [0.3, 0.4) is 0 Å². The van der Waals surface area contributed by atoms with Gasteiger partial charge in [0.05, 0.1) is 16.9 Å². The van der Waals surface area contributed by atoms with Gasteiger partial charge in [0.2, 0.25) is 11.8 Å². The summed E-state index contributed by atoms with van der Waals surface area (Å²) in [5.74, 6) is -0.330. The molecule has 0 fully saturated rings. The monoisotopic (exact) mass is 315 g/mol. The highest BCUT2D eigenvalue weighted by Gasteiger charge is 2.41. The number of nitrogens with one attached hydrogen (secondary N) is 1. The molecule has 122 valence electrons. The number of rotatable bonds is 9. The summed E-state index contributed by atoms with van der Waals surface area (Å²) in [7, 11) is 1.63. The molecule has 21 heavy (non-hydrogen) atoms. The van der Waals surface area contributed by atoms with Crippen LogP contribution in [0.5, 0.6) is 0 Å². The zero-order chi connectivity index (χ0) is 16.6. The topological polar surface area (TPSA) is 75.4 Å². The normalized spacial score (nSPS) is 11.3. The van der Waals surface area contributed by atoms with Gasteiger partial charge in [-0.15, -0.1) is 0 Å². The Morgan fingerprint density at radius 1 is 1.24 bits per heavy atom. The molecule has 0 rings (SSSR count). The van der Waals surface area contributed by atoms with Crippen LogP contribution in [0, 0.1) is 5.41 Å². The number of nitrogens with zero attached hydrogens (tertiary/aromatic N) is 1. The van der Waals surface area contributed by atoms with Crippen molar-refractivity contribution in [2.24, 2.45) is 11.1 Å². The zero-order valence-corrected chi connectivity index (χ0v) is 14.7. The van der Waals surface area contributed by atoms with Crippen molar-refractivity contribution >= 4 is 29.0 Å². The van der Waals surface area contributed by atoms with Gasteiger partial charge in [-0.1, -0.05) is 38.9 Å². The highest BCUT2D eigenvalue weighted by Crippen LogP contribution is 2.32. The van der Waals surface area contributed by atoms with Gasteiger partial charge >= 0.3 is 0 Å². The molecule has 2 amide bonds. The van der Waals surface area contributed by atoms with E-state index in [1.54, 1.807) is 7.05 Å². The molecule has 0 unspecified atom stereocenters. The van der Waals surface area contributed by atoms with Crippen LogP contribution in [-0.2, 0) is 9.59 Å². The summed E-state index contributed by atoms with van der Waals surface area (Å²) in [4.78, 5) is 26.3. The number of thiocarbonyl (C=S) groups is 1. The van der Waals surface area contributed by atoms with Gasteiger partial charge in [0.1, 0.15) is 0 Å². The molecule has 0 aromatic rings. The Bertz CT molecular complexity index is 377. The largest absolute Gasteiger partial charge is 0.392 e. The average molecular weight is 315 g/mol. The van der Waals surface area contributed by atoms with Crippen molar-refractivity contribution in [2.45, 2.75) is 59.4 Å². The first kappa shape index (κ1) is 19.8. The summed E-state index contributed by atoms with van der Waals surface area (Å²) in [6, 6.07) is 0.0487. The smallest absolute Gasteiger partial charge is 0.239 e. The van der Waals surface area contributed by atoms with E-state index in [0.29, 0.717) is 12.8 Å². The molecule has 0 saturated carbocycles. The minimum Gasteiger partial charge on any atom is -0.392 e. The van der Waals surface area contributed by atoms with Gasteiger partial charge in [-0.2, -0.15) is 0 Å². The van der Waals surface area contributed by atoms with Crippen LogP contribution in [0.25, 0.3) is 0 Å². The van der Waals surface area contributed by atoms with Crippen molar-refractivity contribution in [3.63, 3.8) is 0 Å². The van der Waals surface area contributed by atoms with E-state index in [1.807, 2.05) is 27.7 Å². The predicted octanol–water partition coefficient (Wildman–Crippen LogP) is 1.84. The van der Waals surface area contributed by atoms with Crippen molar-refractivity contribution < 1.29 is 9.59 Å². The lowest BCUT2D eigenvalue weighted by Crippen LogP contribution is -2.52. The Morgan fingerprint density at radius 3 is 2.05 bits per heavy atom. The van der Waals surface area contributed by atoms with Crippen LogP contribution in [0.15, 0.2) is 0 Å². The standard InChI is InChI=1S/C15H29N3O2S/c1-6-8-15(9-7-2,13(16)21)14(20)18(5)10-12(19)17-11(3)4/h11H,6-10H2,1-5H3,(H2,16,21)(H,17,19). The fraction of sp³-hybridized carbons (Fsp3) is 0.800. The van der Waals surface area contributed by atoms with E-state index >= 15 is 0 Å². The maximum absolute atomic E-state index is 12.8. The molecule has 6 heteroatoms. The van der Waals surface area contributed by atoms with Gasteiger partial charge in [0, 0.05) is 13.1 Å². The molecule has 0 bridgehead atoms. The first-order valence-corrected chi connectivity index (χ1v) is 7.96. The van der Waals surface area contributed by atoms with E-state index in [2.05, 4.69) is 5.32 Å². The number of carbonyl (C=O) groups excluding carboxylic acids is 2. The predicted molar refractivity (Wildman–Crippen MR) is 90.0 cm³/mol. The van der Waals surface area contributed by atoms with Crippen LogP contribution in [-0.4, -0.2) is 41.3 Å². The van der Waals surface area contributed by atoms with E-state index < -0.39 is 5.41 Å². The Balaban J connectivity index is 5.10. The maximum Gasteiger partial charge on any atom is 0.239 e. The van der Waals surface area contributed by atoms with E-state index in [9.17, 15) is 9.59 Å². The van der Waals surface area contributed by atoms with Crippen LogP contribution in [0.4, 0.5) is 0 Å². The van der Waals surface area contributed by atoms with Crippen LogP contribution in [0.1, 0.15) is 53.4 Å². The van der Waals surface area contributed by atoms with E-state index in [-0.39, 0.29) is 29.4 Å². The second-order valence-electron chi connectivity index (χ2n) is 5.83. The molecular formula is C15H29N3O2S. The lowest BCUT2D eigenvalue weighted by Gasteiger charge is -2.34. The first-order valence-electron chi connectivity index (χ1n) is 7.56. The Kier molecular flexibility index (Phi) is 8.47. The lowest BCUT2D eigenvalue weighted by molar-refractivity contribution is -0.141.